The summed E-state index contributed by atoms with van der Waals surface area (Å²) in [5.74, 6) is 0. The van der Waals surface area contributed by atoms with Crippen molar-refractivity contribution in [3.63, 3.8) is 0 Å². The van der Waals surface area contributed by atoms with Crippen LogP contribution in [0.5, 0.6) is 0 Å². The molecular weight excluding hydrogens is 938 g/mol. The van der Waals surface area contributed by atoms with Crippen molar-refractivity contribution in [1.82, 2.24) is 0 Å². The average molecular weight is 981 g/mol. The molecule has 3 heteroatoms. The van der Waals surface area contributed by atoms with Crippen molar-refractivity contribution in [2.45, 2.75) is 41.5 Å². The van der Waals surface area contributed by atoms with Gasteiger partial charge in [-0.2, -0.15) is 0 Å². The van der Waals surface area contributed by atoms with Crippen LogP contribution in [0.4, 0.5) is 0 Å². The van der Waals surface area contributed by atoms with Crippen molar-refractivity contribution in [1.29, 1.82) is 0 Å². The van der Waals surface area contributed by atoms with E-state index in [9.17, 15) is 0 Å². The van der Waals surface area contributed by atoms with Gasteiger partial charge in [-0.05, 0) is 0 Å². The van der Waals surface area contributed by atoms with E-state index < -0.39 is 41.4 Å². The first-order chi connectivity index (χ1) is 21.8. The van der Waals surface area contributed by atoms with Crippen LogP contribution < -0.4 is 19.6 Å². The van der Waals surface area contributed by atoms with E-state index in [2.05, 4.69) is 187 Å². The fourth-order valence-electron chi connectivity index (χ4n) is 6.73. The Bertz CT molecular complexity index is 1610. The van der Waals surface area contributed by atoms with Crippen LogP contribution >= 0.6 is 0 Å². The van der Waals surface area contributed by atoms with Crippen LogP contribution in [0.2, 0.25) is 0 Å². The summed E-state index contributed by atoms with van der Waals surface area (Å²) in [6.07, 6.45) is 0. The average Bonchev–Trinajstić information content (AvgIpc) is 3.04. The number of hydrogen-bond donors (Lipinski definition) is 0. The van der Waals surface area contributed by atoms with Crippen LogP contribution in [0.25, 0.3) is 0 Å². The van der Waals surface area contributed by atoms with Gasteiger partial charge in [-0.1, -0.05) is 0 Å². The van der Waals surface area contributed by atoms with E-state index in [4.69, 9.17) is 0.889 Å². The molecule has 0 fully saturated rings. The molecule has 0 unspecified atom stereocenters. The van der Waals surface area contributed by atoms with Crippen molar-refractivity contribution in [2.24, 2.45) is 0 Å². The maximum absolute atomic E-state index is 8.86. The van der Waals surface area contributed by atoms with Crippen molar-refractivity contribution >= 4 is 61.0 Å². The molecule has 6 aromatic rings. The third kappa shape index (κ3) is 5.67. The van der Waals surface area contributed by atoms with Crippen LogP contribution in [0, 0.1) is 41.5 Å². The zero-order valence-electron chi connectivity index (χ0n) is 27.2. The van der Waals surface area contributed by atoms with Crippen LogP contribution in [0.15, 0.2) is 146 Å². The van der Waals surface area contributed by atoms with Gasteiger partial charge in [-0.15, -0.1) is 0 Å². The van der Waals surface area contributed by atoms with Crippen LogP contribution in [0.1, 0.15) is 33.4 Å². The van der Waals surface area contributed by atoms with E-state index in [1.807, 2.05) is 0 Å². The molecule has 45 heavy (non-hydrogen) atoms. The molecule has 1 nitrogen and oxygen atoms in total. The topological polar surface area (TPSA) is 9.23 Å². The zero-order chi connectivity index (χ0) is 31.6. The second-order valence-corrected chi connectivity index (χ2v) is 38.9. The number of benzene rings is 6. The van der Waals surface area contributed by atoms with Crippen LogP contribution in [-0.4, -0.2) is 41.4 Å². The van der Waals surface area contributed by atoms with E-state index in [1.54, 1.807) is 0 Å². The third-order valence-electron chi connectivity index (χ3n) is 8.97. The van der Waals surface area contributed by atoms with Gasteiger partial charge in [-0.25, -0.2) is 0 Å². The fourth-order valence-corrected chi connectivity index (χ4v) is 67.0. The summed E-state index contributed by atoms with van der Waals surface area (Å²) in [7, 11) is 0. The molecule has 0 amide bonds. The van der Waals surface area contributed by atoms with Gasteiger partial charge in [0.2, 0.25) is 0 Å². The summed E-state index contributed by atoms with van der Waals surface area (Å²) in [5, 5.41) is 0. The van der Waals surface area contributed by atoms with Crippen molar-refractivity contribution in [3.05, 3.63) is 179 Å². The molecule has 0 bridgehead atoms. The summed E-state index contributed by atoms with van der Waals surface area (Å²) in [5.41, 5.74) is 7.85. The molecule has 0 N–H and O–H groups in total. The molecule has 2 radical (unpaired) electrons. The maximum atomic E-state index is 8.86. The SMILES string of the molecule is Cc1cccc[c]1[Bi]([O][Bi]([c]1ccccc1C)([c]1ccccc1C)[c]1ccccc1C)([c]1ccccc1C)[c]1ccccc1C. The van der Waals surface area contributed by atoms with Gasteiger partial charge in [0.25, 0.3) is 0 Å². The van der Waals surface area contributed by atoms with E-state index in [0.717, 1.165) is 0 Å². The van der Waals surface area contributed by atoms with Crippen molar-refractivity contribution < 1.29 is 0.889 Å². The van der Waals surface area contributed by atoms with Crippen LogP contribution in [0.3, 0.4) is 0 Å². The Morgan fingerprint density at radius 2 is 0.422 bits per heavy atom. The van der Waals surface area contributed by atoms with E-state index >= 15 is 0 Å². The van der Waals surface area contributed by atoms with Gasteiger partial charge >= 0.3 is 282 Å². The molecule has 0 saturated carbocycles. The minimum atomic E-state index is -4.50. The first-order valence-corrected chi connectivity index (χ1v) is 28.9. The van der Waals surface area contributed by atoms with Crippen molar-refractivity contribution in [3.8, 4) is 0 Å². The summed E-state index contributed by atoms with van der Waals surface area (Å²) >= 11 is -8.99. The molecule has 0 saturated heterocycles. The molecule has 0 aromatic heterocycles. The number of rotatable bonds is 8. The molecule has 0 aliphatic carbocycles. The summed E-state index contributed by atoms with van der Waals surface area (Å²) in [6.45, 7) is 13.7. The molecule has 0 aliphatic heterocycles. The predicted octanol–water partition coefficient (Wildman–Crippen LogP) is 6.19. The first kappa shape index (κ1) is 32.0. The summed E-state index contributed by atoms with van der Waals surface area (Å²) < 4.78 is 17.3. The molecule has 6 rings (SSSR count). The van der Waals surface area contributed by atoms with Crippen molar-refractivity contribution in [2.75, 3.05) is 0 Å². The first-order valence-electron chi connectivity index (χ1n) is 15.7. The number of aryl methyl sites for hydroxylation is 6. The molecule has 6 aromatic carbocycles. The molecule has 226 valence electrons. The quantitative estimate of drug-likeness (QED) is 0.166. The molecular formula is C42H42Bi2O. The van der Waals surface area contributed by atoms with E-state index in [-0.39, 0.29) is 0 Å². The molecule has 0 spiro atoms. The Kier molecular flexibility index (Phi) is 9.54. The van der Waals surface area contributed by atoms with Gasteiger partial charge in [0.15, 0.2) is 0 Å². The molecule has 0 aliphatic rings. The van der Waals surface area contributed by atoms with Gasteiger partial charge in [0.05, 0.1) is 0 Å². The monoisotopic (exact) mass is 980 g/mol. The fraction of sp³-hybridized carbons (Fsp3) is 0.143. The zero-order valence-corrected chi connectivity index (χ0v) is 34.1. The Morgan fingerprint density at radius 1 is 0.267 bits per heavy atom. The summed E-state index contributed by atoms with van der Waals surface area (Å²) in [4.78, 5) is 0. The predicted molar refractivity (Wildman–Crippen MR) is 197 cm³/mol. The Balaban J connectivity index is 1.89. The van der Waals surface area contributed by atoms with E-state index in [0.29, 0.717) is 0 Å². The van der Waals surface area contributed by atoms with E-state index in [1.165, 1.54) is 53.0 Å². The Hall–Kier alpha value is -2.95. The standard InChI is InChI=1S/6C7H7.2Bi.O/c6*1-7-5-3-2-4-6-7;;;/h6*2-5H,1H3;;;. The Labute approximate surface area is 280 Å². The third-order valence-corrected chi connectivity index (χ3v) is 55.1. The Morgan fingerprint density at radius 3 is 0.578 bits per heavy atom. The summed E-state index contributed by atoms with van der Waals surface area (Å²) in [6, 6.07) is 54.4. The second-order valence-electron chi connectivity index (χ2n) is 12.0. The van der Waals surface area contributed by atoms with Gasteiger partial charge in [-0.3, -0.25) is 0 Å². The molecule has 0 atom stereocenters. The van der Waals surface area contributed by atoms with Gasteiger partial charge in [0.1, 0.15) is 0 Å². The molecule has 0 heterocycles. The van der Waals surface area contributed by atoms with Gasteiger partial charge in [0, 0.05) is 0 Å². The normalized spacial score (nSPS) is 11.9. The van der Waals surface area contributed by atoms with Gasteiger partial charge < -0.3 is 0 Å². The minimum absolute atomic E-state index is 1.31. The number of hydrogen-bond acceptors (Lipinski definition) is 1. The second kappa shape index (κ2) is 13.4. The van der Waals surface area contributed by atoms with Crippen LogP contribution in [-0.2, 0) is 0.889 Å².